The molecule has 0 bridgehead atoms. The summed E-state index contributed by atoms with van der Waals surface area (Å²) in [5.41, 5.74) is 1.24. The summed E-state index contributed by atoms with van der Waals surface area (Å²) in [6.07, 6.45) is 3.24. The Morgan fingerprint density at radius 3 is 2.50 bits per heavy atom. The van der Waals surface area contributed by atoms with Gasteiger partial charge in [-0.3, -0.25) is 14.6 Å². The van der Waals surface area contributed by atoms with Crippen LogP contribution < -0.4 is 10.6 Å². The van der Waals surface area contributed by atoms with Crippen LogP contribution in [0.15, 0.2) is 48.8 Å². The number of benzene rings is 1. The molecule has 6 heteroatoms. The predicted octanol–water partition coefficient (Wildman–Crippen LogP) is 1.04. The van der Waals surface area contributed by atoms with Gasteiger partial charge in [0.2, 0.25) is 0 Å². The lowest BCUT2D eigenvalue weighted by atomic mass is 10.3. The molecule has 0 aliphatic heterocycles. The molecule has 0 spiro atoms. The Balaban J connectivity index is 1.86. The molecule has 2 aromatic rings. The number of aromatic nitrogens is 1. The van der Waals surface area contributed by atoms with Crippen molar-refractivity contribution in [3.8, 4) is 5.75 Å². The molecule has 0 radical (unpaired) electrons. The molecule has 2 rings (SSSR count). The van der Waals surface area contributed by atoms with E-state index in [2.05, 4.69) is 15.6 Å². The van der Waals surface area contributed by atoms with Crippen molar-refractivity contribution in [3.63, 3.8) is 0 Å². The van der Waals surface area contributed by atoms with Crippen molar-refractivity contribution in [2.24, 2.45) is 0 Å². The Bertz CT molecular complexity index is 597. The van der Waals surface area contributed by atoms with E-state index in [9.17, 15) is 9.59 Å². The topological polar surface area (TPSA) is 91.3 Å². The third-order valence-corrected chi connectivity index (χ3v) is 2.51. The molecule has 0 fully saturated rings. The minimum absolute atomic E-state index is 0.0871. The summed E-state index contributed by atoms with van der Waals surface area (Å²) < 4.78 is 0. The van der Waals surface area contributed by atoms with E-state index in [4.69, 9.17) is 5.11 Å². The zero-order valence-corrected chi connectivity index (χ0v) is 10.5. The first-order valence-corrected chi connectivity index (χ1v) is 5.92. The number of hydrogen-bond donors (Lipinski definition) is 3. The van der Waals surface area contributed by atoms with Crippen molar-refractivity contribution in [3.05, 3.63) is 54.4 Å². The van der Waals surface area contributed by atoms with E-state index in [1.165, 1.54) is 24.3 Å². The van der Waals surface area contributed by atoms with Crippen LogP contribution in [0.4, 0.5) is 5.69 Å². The fourth-order valence-electron chi connectivity index (χ4n) is 1.50. The van der Waals surface area contributed by atoms with E-state index < -0.39 is 11.8 Å². The van der Waals surface area contributed by atoms with E-state index in [0.29, 0.717) is 5.69 Å². The van der Waals surface area contributed by atoms with Gasteiger partial charge in [0.1, 0.15) is 5.75 Å². The summed E-state index contributed by atoms with van der Waals surface area (Å²) in [5.74, 6) is -1.41. The van der Waals surface area contributed by atoms with Gasteiger partial charge in [0.15, 0.2) is 0 Å². The maximum Gasteiger partial charge on any atom is 0.313 e. The van der Waals surface area contributed by atoms with Gasteiger partial charge in [-0.1, -0.05) is 6.07 Å². The van der Waals surface area contributed by atoms with Gasteiger partial charge in [-0.2, -0.15) is 0 Å². The lowest BCUT2D eigenvalue weighted by molar-refractivity contribution is -0.136. The first kappa shape index (κ1) is 13.5. The highest BCUT2D eigenvalue weighted by Crippen LogP contribution is 2.13. The molecule has 0 saturated carbocycles. The van der Waals surface area contributed by atoms with Crippen molar-refractivity contribution in [1.82, 2.24) is 10.3 Å². The molecule has 1 aromatic heterocycles. The summed E-state index contributed by atoms with van der Waals surface area (Å²) in [6, 6.07) is 9.39. The number of anilines is 1. The molecule has 20 heavy (non-hydrogen) atoms. The molecule has 3 N–H and O–H groups in total. The third kappa shape index (κ3) is 3.81. The number of nitrogens with zero attached hydrogens (tertiary/aromatic N) is 1. The van der Waals surface area contributed by atoms with Crippen LogP contribution in [0.3, 0.4) is 0 Å². The number of nitrogens with one attached hydrogen (secondary N) is 2. The quantitative estimate of drug-likeness (QED) is 0.574. The van der Waals surface area contributed by atoms with Gasteiger partial charge in [0.05, 0.1) is 0 Å². The second kappa shape index (κ2) is 6.33. The van der Waals surface area contributed by atoms with Crippen molar-refractivity contribution < 1.29 is 14.7 Å². The van der Waals surface area contributed by atoms with Gasteiger partial charge >= 0.3 is 11.8 Å². The Hall–Kier alpha value is -2.89. The second-order valence-electron chi connectivity index (χ2n) is 4.04. The standard InChI is InChI=1S/C14H13N3O3/c18-12-5-3-11(4-6-12)17-14(20)13(19)16-9-10-2-1-7-15-8-10/h1-8,18H,9H2,(H,16,19)(H,17,20). The Morgan fingerprint density at radius 1 is 1.10 bits per heavy atom. The number of aromatic hydroxyl groups is 1. The highest BCUT2D eigenvalue weighted by molar-refractivity contribution is 6.39. The van der Waals surface area contributed by atoms with Crippen molar-refractivity contribution in [2.45, 2.75) is 6.54 Å². The molecule has 102 valence electrons. The van der Waals surface area contributed by atoms with Crippen LogP contribution >= 0.6 is 0 Å². The molecular formula is C14H13N3O3. The number of amides is 2. The molecule has 1 heterocycles. The number of carbonyl (C=O) groups is 2. The van der Waals surface area contributed by atoms with Gasteiger partial charge in [0, 0.05) is 24.6 Å². The molecule has 6 nitrogen and oxygen atoms in total. The zero-order chi connectivity index (χ0) is 14.4. The van der Waals surface area contributed by atoms with Crippen molar-refractivity contribution in [2.75, 3.05) is 5.32 Å². The van der Waals surface area contributed by atoms with E-state index in [-0.39, 0.29) is 12.3 Å². The third-order valence-electron chi connectivity index (χ3n) is 2.51. The van der Waals surface area contributed by atoms with Crippen LogP contribution in [-0.4, -0.2) is 21.9 Å². The first-order chi connectivity index (χ1) is 9.65. The largest absolute Gasteiger partial charge is 0.508 e. The van der Waals surface area contributed by atoms with Crippen LogP contribution in [0, 0.1) is 0 Å². The lowest BCUT2D eigenvalue weighted by Gasteiger charge is -2.06. The number of pyridine rings is 1. The van der Waals surface area contributed by atoms with Crippen LogP contribution in [0.25, 0.3) is 0 Å². The Labute approximate surface area is 115 Å². The molecule has 0 saturated heterocycles. The van der Waals surface area contributed by atoms with Crippen LogP contribution in [0.1, 0.15) is 5.56 Å². The van der Waals surface area contributed by atoms with E-state index in [0.717, 1.165) is 5.56 Å². The highest BCUT2D eigenvalue weighted by Gasteiger charge is 2.13. The highest BCUT2D eigenvalue weighted by atomic mass is 16.3. The first-order valence-electron chi connectivity index (χ1n) is 5.92. The maximum atomic E-state index is 11.6. The van der Waals surface area contributed by atoms with Gasteiger partial charge in [-0.25, -0.2) is 0 Å². The van der Waals surface area contributed by atoms with E-state index in [1.54, 1.807) is 24.5 Å². The Morgan fingerprint density at radius 2 is 1.85 bits per heavy atom. The minimum atomic E-state index is -0.764. The van der Waals surface area contributed by atoms with E-state index >= 15 is 0 Å². The smallest absolute Gasteiger partial charge is 0.313 e. The predicted molar refractivity (Wildman–Crippen MR) is 72.8 cm³/mol. The maximum absolute atomic E-state index is 11.6. The summed E-state index contributed by atoms with van der Waals surface area (Å²) in [4.78, 5) is 27.1. The molecule has 0 unspecified atom stereocenters. The number of rotatable bonds is 3. The minimum Gasteiger partial charge on any atom is -0.508 e. The molecule has 0 aliphatic carbocycles. The van der Waals surface area contributed by atoms with Gasteiger partial charge in [0.25, 0.3) is 0 Å². The fraction of sp³-hybridized carbons (Fsp3) is 0.0714. The number of hydrogen-bond acceptors (Lipinski definition) is 4. The molecule has 1 aromatic carbocycles. The van der Waals surface area contributed by atoms with Gasteiger partial charge < -0.3 is 15.7 Å². The van der Waals surface area contributed by atoms with Crippen molar-refractivity contribution >= 4 is 17.5 Å². The molecular weight excluding hydrogens is 258 g/mol. The van der Waals surface area contributed by atoms with Crippen LogP contribution in [0.2, 0.25) is 0 Å². The average molecular weight is 271 g/mol. The SMILES string of the molecule is O=C(NCc1cccnc1)C(=O)Nc1ccc(O)cc1. The summed E-state index contributed by atoms with van der Waals surface area (Å²) in [5, 5.41) is 14.0. The zero-order valence-electron chi connectivity index (χ0n) is 10.5. The normalized spacial score (nSPS) is 9.80. The van der Waals surface area contributed by atoms with Crippen LogP contribution in [0.5, 0.6) is 5.75 Å². The monoisotopic (exact) mass is 271 g/mol. The van der Waals surface area contributed by atoms with E-state index in [1.807, 2.05) is 0 Å². The average Bonchev–Trinajstić information content (AvgIpc) is 2.48. The number of phenolic OH excluding ortho intramolecular Hbond substituents is 1. The summed E-state index contributed by atoms with van der Waals surface area (Å²) in [7, 11) is 0. The van der Waals surface area contributed by atoms with Gasteiger partial charge in [-0.05, 0) is 35.9 Å². The summed E-state index contributed by atoms with van der Waals surface area (Å²) in [6.45, 7) is 0.232. The number of phenols is 1. The lowest BCUT2D eigenvalue weighted by Crippen LogP contribution is -2.34. The summed E-state index contributed by atoms with van der Waals surface area (Å²) >= 11 is 0. The number of carbonyl (C=O) groups excluding carboxylic acids is 2. The molecule has 0 aliphatic rings. The van der Waals surface area contributed by atoms with Crippen LogP contribution in [-0.2, 0) is 16.1 Å². The molecule has 2 amide bonds. The van der Waals surface area contributed by atoms with Crippen molar-refractivity contribution in [1.29, 1.82) is 0 Å². The molecule has 0 atom stereocenters. The van der Waals surface area contributed by atoms with Gasteiger partial charge in [-0.15, -0.1) is 0 Å². The second-order valence-corrected chi connectivity index (χ2v) is 4.04. The Kier molecular flexibility index (Phi) is 4.28. The fourth-order valence-corrected chi connectivity index (χ4v) is 1.50.